The Balaban J connectivity index is 2.51. The number of para-hydroxylation sites is 1. The number of rotatable bonds is 2. The molecule has 0 spiro atoms. The number of aliphatic carboxylic acids is 1. The quantitative estimate of drug-likeness (QED) is 0.772. The maximum atomic E-state index is 10.5. The molecule has 76 valence electrons. The first-order chi connectivity index (χ1) is 7.18. The fraction of sp³-hybridized carbons (Fsp3) is 0.0909. The zero-order valence-electron chi connectivity index (χ0n) is 7.79. The van der Waals surface area contributed by atoms with Gasteiger partial charge in [0.1, 0.15) is 0 Å². The SMILES string of the molecule is O=C(O)C(O)c1ccc2ccccc2n1. The Labute approximate surface area is 85.8 Å². The summed E-state index contributed by atoms with van der Waals surface area (Å²) in [5, 5.41) is 18.8. The van der Waals surface area contributed by atoms with Gasteiger partial charge < -0.3 is 10.2 Å². The summed E-state index contributed by atoms with van der Waals surface area (Å²) in [6, 6.07) is 10.6. The van der Waals surface area contributed by atoms with Crippen LogP contribution in [0.4, 0.5) is 0 Å². The van der Waals surface area contributed by atoms with E-state index in [1.807, 2.05) is 18.2 Å². The van der Waals surface area contributed by atoms with Crippen molar-refractivity contribution in [2.75, 3.05) is 0 Å². The largest absolute Gasteiger partial charge is 0.479 e. The minimum atomic E-state index is -1.56. The highest BCUT2D eigenvalue weighted by Gasteiger charge is 2.17. The molecule has 1 atom stereocenters. The number of aliphatic hydroxyl groups is 1. The van der Waals surface area contributed by atoms with Crippen molar-refractivity contribution < 1.29 is 15.0 Å². The van der Waals surface area contributed by atoms with Crippen molar-refractivity contribution in [3.63, 3.8) is 0 Å². The van der Waals surface area contributed by atoms with E-state index in [1.54, 1.807) is 12.1 Å². The molecule has 0 fully saturated rings. The summed E-state index contributed by atoms with van der Waals surface area (Å²) in [6.07, 6.45) is -1.56. The van der Waals surface area contributed by atoms with Crippen LogP contribution in [0, 0.1) is 0 Å². The van der Waals surface area contributed by atoms with Crippen LogP contribution >= 0.6 is 0 Å². The van der Waals surface area contributed by atoms with Crippen LogP contribution < -0.4 is 0 Å². The Morgan fingerprint density at radius 2 is 1.93 bits per heavy atom. The standard InChI is InChI=1S/C11H9NO3/c13-10(11(14)15)9-6-5-7-3-1-2-4-8(7)12-9/h1-6,10,13H,(H,14,15). The minimum Gasteiger partial charge on any atom is -0.479 e. The van der Waals surface area contributed by atoms with Gasteiger partial charge in [0.25, 0.3) is 0 Å². The van der Waals surface area contributed by atoms with Gasteiger partial charge >= 0.3 is 5.97 Å². The van der Waals surface area contributed by atoms with Crippen molar-refractivity contribution in [2.24, 2.45) is 0 Å². The predicted octanol–water partition coefficient (Wildman–Crippen LogP) is 1.35. The molecule has 0 aliphatic carbocycles. The van der Waals surface area contributed by atoms with Gasteiger partial charge in [-0.3, -0.25) is 0 Å². The van der Waals surface area contributed by atoms with Crippen molar-refractivity contribution in [3.8, 4) is 0 Å². The lowest BCUT2D eigenvalue weighted by Crippen LogP contribution is -2.11. The van der Waals surface area contributed by atoms with Crippen LogP contribution in [-0.2, 0) is 4.79 Å². The number of aromatic nitrogens is 1. The van der Waals surface area contributed by atoms with Crippen LogP contribution in [0.25, 0.3) is 10.9 Å². The maximum absolute atomic E-state index is 10.5. The number of carbonyl (C=O) groups is 1. The molecule has 1 aromatic carbocycles. The lowest BCUT2D eigenvalue weighted by Gasteiger charge is -2.05. The molecule has 2 aromatic rings. The van der Waals surface area contributed by atoms with Gasteiger partial charge in [-0.1, -0.05) is 24.3 Å². The number of hydrogen-bond acceptors (Lipinski definition) is 3. The third-order valence-electron chi connectivity index (χ3n) is 2.13. The Morgan fingerprint density at radius 1 is 1.20 bits per heavy atom. The van der Waals surface area contributed by atoms with E-state index in [0.29, 0.717) is 5.52 Å². The van der Waals surface area contributed by atoms with Crippen LogP contribution in [0.2, 0.25) is 0 Å². The van der Waals surface area contributed by atoms with Crippen molar-refractivity contribution in [2.45, 2.75) is 6.10 Å². The van der Waals surface area contributed by atoms with E-state index >= 15 is 0 Å². The number of carboxylic acid groups (broad SMARTS) is 1. The lowest BCUT2D eigenvalue weighted by atomic mass is 10.1. The van der Waals surface area contributed by atoms with Crippen LogP contribution in [0.15, 0.2) is 36.4 Å². The monoisotopic (exact) mass is 203 g/mol. The van der Waals surface area contributed by atoms with Crippen molar-refractivity contribution in [1.29, 1.82) is 0 Å². The van der Waals surface area contributed by atoms with E-state index < -0.39 is 12.1 Å². The Kier molecular flexibility index (Phi) is 2.35. The molecule has 0 aliphatic heterocycles. The molecule has 1 aromatic heterocycles. The van der Waals surface area contributed by atoms with Gasteiger partial charge in [-0.05, 0) is 12.1 Å². The highest BCUT2D eigenvalue weighted by atomic mass is 16.4. The maximum Gasteiger partial charge on any atom is 0.338 e. The highest BCUT2D eigenvalue weighted by molar-refractivity contribution is 5.80. The predicted molar refractivity (Wildman–Crippen MR) is 54.3 cm³/mol. The molecule has 0 aliphatic rings. The molecule has 0 radical (unpaired) electrons. The molecule has 0 saturated heterocycles. The fourth-order valence-electron chi connectivity index (χ4n) is 1.36. The van der Waals surface area contributed by atoms with E-state index in [9.17, 15) is 9.90 Å². The van der Waals surface area contributed by atoms with Crippen LogP contribution in [-0.4, -0.2) is 21.2 Å². The molecule has 0 amide bonds. The third kappa shape index (κ3) is 1.80. The van der Waals surface area contributed by atoms with Gasteiger partial charge in [-0.25, -0.2) is 9.78 Å². The summed E-state index contributed by atoms with van der Waals surface area (Å²) in [5.41, 5.74) is 0.830. The minimum absolute atomic E-state index is 0.154. The first kappa shape index (κ1) is 9.61. The number of nitrogens with zero attached hydrogens (tertiary/aromatic N) is 1. The summed E-state index contributed by atoms with van der Waals surface area (Å²) in [5.74, 6) is -1.29. The Bertz CT molecular complexity index is 510. The molecule has 0 saturated carbocycles. The van der Waals surface area contributed by atoms with Crippen LogP contribution in [0.5, 0.6) is 0 Å². The lowest BCUT2D eigenvalue weighted by molar-refractivity contribution is -0.147. The van der Waals surface area contributed by atoms with E-state index in [4.69, 9.17) is 5.11 Å². The van der Waals surface area contributed by atoms with Crippen molar-refractivity contribution >= 4 is 16.9 Å². The summed E-state index contributed by atoms with van der Waals surface area (Å²) in [6.45, 7) is 0. The molecule has 0 bridgehead atoms. The molecular weight excluding hydrogens is 194 g/mol. The topological polar surface area (TPSA) is 70.4 Å². The Morgan fingerprint density at radius 3 is 2.67 bits per heavy atom. The van der Waals surface area contributed by atoms with E-state index in [1.165, 1.54) is 6.07 Å². The van der Waals surface area contributed by atoms with Gasteiger partial charge in [-0.15, -0.1) is 0 Å². The number of aliphatic hydroxyl groups excluding tert-OH is 1. The normalized spacial score (nSPS) is 12.6. The average molecular weight is 203 g/mol. The zero-order chi connectivity index (χ0) is 10.8. The Hall–Kier alpha value is -1.94. The number of fused-ring (bicyclic) bond motifs is 1. The van der Waals surface area contributed by atoms with E-state index in [2.05, 4.69) is 4.98 Å². The number of pyridine rings is 1. The fourth-order valence-corrected chi connectivity index (χ4v) is 1.36. The smallest absolute Gasteiger partial charge is 0.338 e. The number of benzene rings is 1. The van der Waals surface area contributed by atoms with Gasteiger partial charge in [-0.2, -0.15) is 0 Å². The highest BCUT2D eigenvalue weighted by Crippen LogP contribution is 2.16. The summed E-state index contributed by atoms with van der Waals surface area (Å²) >= 11 is 0. The second-order valence-corrected chi connectivity index (χ2v) is 3.17. The van der Waals surface area contributed by atoms with E-state index in [0.717, 1.165) is 5.39 Å². The van der Waals surface area contributed by atoms with Crippen molar-refractivity contribution in [1.82, 2.24) is 4.98 Å². The van der Waals surface area contributed by atoms with E-state index in [-0.39, 0.29) is 5.69 Å². The summed E-state index contributed by atoms with van der Waals surface area (Å²) in [4.78, 5) is 14.6. The molecule has 2 rings (SSSR count). The number of carboxylic acids is 1. The van der Waals surface area contributed by atoms with Crippen LogP contribution in [0.3, 0.4) is 0 Å². The van der Waals surface area contributed by atoms with Crippen LogP contribution in [0.1, 0.15) is 11.8 Å². The molecule has 1 unspecified atom stereocenters. The second-order valence-electron chi connectivity index (χ2n) is 3.17. The zero-order valence-corrected chi connectivity index (χ0v) is 7.79. The summed E-state index contributed by atoms with van der Waals surface area (Å²) in [7, 11) is 0. The first-order valence-electron chi connectivity index (χ1n) is 4.45. The summed E-state index contributed by atoms with van der Waals surface area (Å²) < 4.78 is 0. The molecule has 15 heavy (non-hydrogen) atoms. The number of hydrogen-bond donors (Lipinski definition) is 2. The van der Waals surface area contributed by atoms with Crippen molar-refractivity contribution in [3.05, 3.63) is 42.1 Å². The molecule has 4 heteroatoms. The third-order valence-corrected chi connectivity index (χ3v) is 2.13. The molecule has 4 nitrogen and oxygen atoms in total. The first-order valence-corrected chi connectivity index (χ1v) is 4.45. The van der Waals surface area contributed by atoms with Gasteiger partial charge in [0, 0.05) is 5.39 Å². The second kappa shape index (κ2) is 3.67. The molecular formula is C11H9NO3. The average Bonchev–Trinajstić information content (AvgIpc) is 2.27. The van der Waals surface area contributed by atoms with Gasteiger partial charge in [0.15, 0.2) is 6.10 Å². The molecule has 2 N–H and O–H groups in total. The molecule has 1 heterocycles. The van der Waals surface area contributed by atoms with Gasteiger partial charge in [0.05, 0.1) is 11.2 Å². The van der Waals surface area contributed by atoms with Gasteiger partial charge in [0.2, 0.25) is 0 Å².